The summed E-state index contributed by atoms with van der Waals surface area (Å²) in [5.74, 6) is -0.842. The zero-order valence-electron chi connectivity index (χ0n) is 13.8. The molecule has 2 rings (SSSR count). The fraction of sp³-hybridized carbons (Fsp3) is 0.263. The molecule has 0 saturated carbocycles. The number of hydrogen-bond acceptors (Lipinski definition) is 3. The Morgan fingerprint density at radius 3 is 2.30 bits per heavy atom. The van der Waals surface area contributed by atoms with Gasteiger partial charge in [0.25, 0.3) is 5.91 Å². The third-order valence-corrected chi connectivity index (χ3v) is 3.80. The van der Waals surface area contributed by atoms with E-state index in [1.165, 1.54) is 0 Å². The molecule has 0 radical (unpaired) electrons. The van der Waals surface area contributed by atoms with E-state index in [1.54, 1.807) is 19.1 Å². The van der Waals surface area contributed by atoms with Gasteiger partial charge in [-0.1, -0.05) is 29.8 Å². The molecule has 0 aromatic heterocycles. The second kappa shape index (κ2) is 7.09. The fourth-order valence-electron chi connectivity index (χ4n) is 2.13. The standard InChI is InChI=1S/C19H21NO3/c1-12-8-10-16(11-9-12)20-18(21)15(4)23-19(22)17-7-5-6-13(2)14(17)3/h5-11,15H,1-4H3,(H,20,21)/t15-/m0/s1. The zero-order valence-corrected chi connectivity index (χ0v) is 13.8. The largest absolute Gasteiger partial charge is 0.449 e. The maximum atomic E-state index is 12.2. The predicted molar refractivity (Wildman–Crippen MR) is 90.6 cm³/mol. The first-order chi connectivity index (χ1) is 10.9. The molecule has 0 heterocycles. The average molecular weight is 311 g/mol. The molecule has 0 saturated heterocycles. The Hall–Kier alpha value is -2.62. The van der Waals surface area contributed by atoms with Crippen LogP contribution >= 0.6 is 0 Å². The van der Waals surface area contributed by atoms with Gasteiger partial charge < -0.3 is 10.1 Å². The highest BCUT2D eigenvalue weighted by molar-refractivity contribution is 5.97. The molecule has 4 nitrogen and oxygen atoms in total. The number of esters is 1. The van der Waals surface area contributed by atoms with Crippen molar-refractivity contribution >= 4 is 17.6 Å². The van der Waals surface area contributed by atoms with Gasteiger partial charge in [-0.15, -0.1) is 0 Å². The molecule has 1 N–H and O–H groups in total. The third-order valence-electron chi connectivity index (χ3n) is 3.80. The van der Waals surface area contributed by atoms with Crippen LogP contribution < -0.4 is 5.32 Å². The van der Waals surface area contributed by atoms with Crippen LogP contribution in [0, 0.1) is 20.8 Å². The highest BCUT2D eigenvalue weighted by Gasteiger charge is 2.20. The van der Waals surface area contributed by atoms with E-state index >= 15 is 0 Å². The minimum Gasteiger partial charge on any atom is -0.449 e. The second-order valence-electron chi connectivity index (χ2n) is 5.65. The van der Waals surface area contributed by atoms with Crippen molar-refractivity contribution in [3.8, 4) is 0 Å². The first-order valence-electron chi connectivity index (χ1n) is 7.53. The minimum atomic E-state index is -0.872. The van der Waals surface area contributed by atoms with Crippen molar-refractivity contribution in [1.82, 2.24) is 0 Å². The van der Waals surface area contributed by atoms with Gasteiger partial charge in [-0.25, -0.2) is 4.79 Å². The molecule has 2 aromatic carbocycles. The molecule has 0 unspecified atom stereocenters. The summed E-state index contributed by atoms with van der Waals surface area (Å²) >= 11 is 0. The third kappa shape index (κ3) is 4.19. The second-order valence-corrected chi connectivity index (χ2v) is 5.65. The Morgan fingerprint density at radius 1 is 1.00 bits per heavy atom. The maximum Gasteiger partial charge on any atom is 0.339 e. The van der Waals surface area contributed by atoms with Gasteiger partial charge in [0.05, 0.1) is 5.56 Å². The maximum absolute atomic E-state index is 12.2. The quantitative estimate of drug-likeness (QED) is 0.874. The van der Waals surface area contributed by atoms with Crippen LogP contribution in [0.25, 0.3) is 0 Å². The van der Waals surface area contributed by atoms with E-state index in [2.05, 4.69) is 5.32 Å². The highest BCUT2D eigenvalue weighted by atomic mass is 16.5. The van der Waals surface area contributed by atoms with E-state index in [1.807, 2.05) is 51.1 Å². The number of ether oxygens (including phenoxy) is 1. The molecule has 0 aliphatic rings. The van der Waals surface area contributed by atoms with E-state index in [0.29, 0.717) is 11.3 Å². The van der Waals surface area contributed by atoms with E-state index in [0.717, 1.165) is 16.7 Å². The Morgan fingerprint density at radius 2 is 1.65 bits per heavy atom. The van der Waals surface area contributed by atoms with Gasteiger partial charge in [0.2, 0.25) is 0 Å². The molecule has 0 aliphatic heterocycles. The van der Waals surface area contributed by atoms with Crippen molar-refractivity contribution in [3.05, 3.63) is 64.7 Å². The SMILES string of the molecule is Cc1ccc(NC(=O)[C@H](C)OC(=O)c2cccc(C)c2C)cc1. The lowest BCUT2D eigenvalue weighted by Crippen LogP contribution is -2.30. The molecule has 120 valence electrons. The Labute approximate surface area is 136 Å². The summed E-state index contributed by atoms with van der Waals surface area (Å²) in [6.45, 7) is 7.33. The lowest BCUT2D eigenvalue weighted by Gasteiger charge is -2.15. The molecular formula is C19H21NO3. The van der Waals surface area contributed by atoms with Crippen molar-refractivity contribution in [3.63, 3.8) is 0 Å². The van der Waals surface area contributed by atoms with Gasteiger partial charge in [-0.05, 0) is 57.0 Å². The van der Waals surface area contributed by atoms with Gasteiger partial charge >= 0.3 is 5.97 Å². The van der Waals surface area contributed by atoms with Crippen LogP contribution in [0.15, 0.2) is 42.5 Å². The van der Waals surface area contributed by atoms with Crippen LogP contribution in [0.5, 0.6) is 0 Å². The monoisotopic (exact) mass is 311 g/mol. The number of benzene rings is 2. The summed E-state index contributed by atoms with van der Waals surface area (Å²) in [5.41, 5.74) is 4.15. The molecule has 4 heteroatoms. The molecule has 0 fully saturated rings. The van der Waals surface area contributed by atoms with Crippen LogP contribution in [-0.2, 0) is 9.53 Å². The van der Waals surface area contributed by atoms with Gasteiger partial charge in [-0.3, -0.25) is 4.79 Å². The summed E-state index contributed by atoms with van der Waals surface area (Å²) < 4.78 is 5.28. The smallest absolute Gasteiger partial charge is 0.339 e. The van der Waals surface area contributed by atoms with E-state index in [9.17, 15) is 9.59 Å². The molecular weight excluding hydrogens is 290 g/mol. The van der Waals surface area contributed by atoms with Crippen LogP contribution in [0.4, 0.5) is 5.69 Å². The molecule has 0 aliphatic carbocycles. The fourth-order valence-corrected chi connectivity index (χ4v) is 2.13. The van der Waals surface area contributed by atoms with Gasteiger partial charge in [0.15, 0.2) is 6.10 Å². The molecule has 0 spiro atoms. The van der Waals surface area contributed by atoms with Crippen LogP contribution in [0.3, 0.4) is 0 Å². The number of nitrogens with one attached hydrogen (secondary N) is 1. The number of rotatable bonds is 4. The Kier molecular flexibility index (Phi) is 5.16. The topological polar surface area (TPSA) is 55.4 Å². The first kappa shape index (κ1) is 16.7. The van der Waals surface area contributed by atoms with Crippen LogP contribution in [-0.4, -0.2) is 18.0 Å². The van der Waals surface area contributed by atoms with Gasteiger partial charge in [0.1, 0.15) is 0 Å². The van der Waals surface area contributed by atoms with E-state index < -0.39 is 12.1 Å². The van der Waals surface area contributed by atoms with Crippen molar-refractivity contribution < 1.29 is 14.3 Å². The summed E-state index contributed by atoms with van der Waals surface area (Å²) in [6.07, 6.45) is -0.872. The summed E-state index contributed by atoms with van der Waals surface area (Å²) in [6, 6.07) is 12.9. The zero-order chi connectivity index (χ0) is 17.0. The van der Waals surface area contributed by atoms with E-state index in [4.69, 9.17) is 4.74 Å². The summed E-state index contributed by atoms with van der Waals surface area (Å²) in [7, 11) is 0. The van der Waals surface area contributed by atoms with Crippen molar-refractivity contribution in [2.24, 2.45) is 0 Å². The van der Waals surface area contributed by atoms with Crippen molar-refractivity contribution in [2.45, 2.75) is 33.8 Å². The lowest BCUT2D eigenvalue weighted by atomic mass is 10.0. The number of hydrogen-bond donors (Lipinski definition) is 1. The molecule has 1 amide bonds. The Balaban J connectivity index is 2.01. The average Bonchev–Trinajstić information content (AvgIpc) is 2.52. The van der Waals surface area contributed by atoms with Crippen molar-refractivity contribution in [2.75, 3.05) is 5.32 Å². The normalized spacial score (nSPS) is 11.7. The first-order valence-corrected chi connectivity index (χ1v) is 7.53. The van der Waals surface area contributed by atoms with E-state index in [-0.39, 0.29) is 5.91 Å². The molecule has 0 bridgehead atoms. The predicted octanol–water partition coefficient (Wildman–Crippen LogP) is 3.80. The highest BCUT2D eigenvalue weighted by Crippen LogP contribution is 2.15. The number of carbonyl (C=O) groups excluding carboxylic acids is 2. The molecule has 1 atom stereocenters. The summed E-state index contributed by atoms with van der Waals surface area (Å²) in [5, 5.41) is 2.74. The van der Waals surface area contributed by atoms with Gasteiger partial charge in [-0.2, -0.15) is 0 Å². The van der Waals surface area contributed by atoms with Crippen molar-refractivity contribution in [1.29, 1.82) is 0 Å². The molecule has 23 heavy (non-hydrogen) atoms. The lowest BCUT2D eigenvalue weighted by molar-refractivity contribution is -0.123. The number of anilines is 1. The van der Waals surface area contributed by atoms with Crippen LogP contribution in [0.1, 0.15) is 34.0 Å². The number of aryl methyl sites for hydroxylation is 2. The van der Waals surface area contributed by atoms with Crippen LogP contribution in [0.2, 0.25) is 0 Å². The number of carbonyl (C=O) groups is 2. The van der Waals surface area contributed by atoms with Gasteiger partial charge in [0, 0.05) is 5.69 Å². The Bertz CT molecular complexity index is 720. The number of amides is 1. The minimum absolute atomic E-state index is 0.354. The molecule has 2 aromatic rings. The summed E-state index contributed by atoms with van der Waals surface area (Å²) in [4.78, 5) is 24.4.